The molecule has 2 unspecified atom stereocenters. The van der Waals surface area contributed by atoms with Crippen LogP contribution in [0.5, 0.6) is 0 Å². The zero-order valence-electron chi connectivity index (χ0n) is 11.3. The molecule has 20 heavy (non-hydrogen) atoms. The zero-order chi connectivity index (χ0) is 14.9. The highest BCUT2D eigenvalue weighted by atomic mass is 19.4. The van der Waals surface area contributed by atoms with Crippen molar-refractivity contribution in [3.63, 3.8) is 0 Å². The van der Waals surface area contributed by atoms with Crippen LogP contribution < -0.4 is 0 Å². The molecule has 1 aromatic rings. The Morgan fingerprint density at radius 3 is 2.60 bits per heavy atom. The molecule has 2 rings (SSSR count). The third-order valence-corrected chi connectivity index (χ3v) is 3.53. The summed E-state index contributed by atoms with van der Waals surface area (Å²) in [6.45, 7) is 0.866. The number of halogens is 3. The highest BCUT2D eigenvalue weighted by molar-refractivity contribution is 5.91. The van der Waals surface area contributed by atoms with Crippen molar-refractivity contribution in [2.75, 3.05) is 27.2 Å². The number of hydrogen-bond acceptors (Lipinski definition) is 3. The van der Waals surface area contributed by atoms with E-state index < -0.39 is 23.8 Å². The van der Waals surface area contributed by atoms with Gasteiger partial charge < -0.3 is 9.64 Å². The number of benzene rings is 1. The van der Waals surface area contributed by atoms with Gasteiger partial charge in [-0.15, -0.1) is 0 Å². The van der Waals surface area contributed by atoms with Crippen LogP contribution in [-0.4, -0.2) is 44.0 Å². The van der Waals surface area contributed by atoms with E-state index in [1.807, 2.05) is 11.9 Å². The minimum atomic E-state index is -4.40. The van der Waals surface area contributed by atoms with Crippen molar-refractivity contribution in [2.24, 2.45) is 0 Å². The number of likely N-dealkylation sites (tertiary alicyclic amines) is 1. The summed E-state index contributed by atoms with van der Waals surface area (Å²) in [5, 5.41) is 0. The smallest absolute Gasteiger partial charge is 0.372 e. The van der Waals surface area contributed by atoms with E-state index in [-0.39, 0.29) is 5.78 Å². The van der Waals surface area contributed by atoms with Gasteiger partial charge in [-0.1, -0.05) is 18.2 Å². The Balaban J connectivity index is 2.32. The number of likely N-dealkylation sites (N-methyl/N-ethyl adjacent to an activating group) is 1. The molecule has 1 saturated heterocycles. The number of alkyl halides is 3. The van der Waals surface area contributed by atoms with Crippen LogP contribution in [0.15, 0.2) is 24.3 Å². The number of nitrogens with zero attached hydrogens (tertiary/aromatic N) is 1. The van der Waals surface area contributed by atoms with Crippen molar-refractivity contribution in [1.29, 1.82) is 0 Å². The molecule has 3 nitrogen and oxygen atoms in total. The summed E-state index contributed by atoms with van der Waals surface area (Å²) in [7, 11) is 3.25. The van der Waals surface area contributed by atoms with Crippen LogP contribution in [0.3, 0.4) is 0 Å². The molecule has 6 heteroatoms. The zero-order valence-corrected chi connectivity index (χ0v) is 11.3. The van der Waals surface area contributed by atoms with Crippen molar-refractivity contribution >= 4 is 5.78 Å². The summed E-state index contributed by atoms with van der Waals surface area (Å²) in [5.41, 5.74) is -0.344. The molecular weight excluding hydrogens is 271 g/mol. The van der Waals surface area contributed by atoms with Crippen molar-refractivity contribution in [2.45, 2.75) is 18.2 Å². The van der Waals surface area contributed by atoms with Crippen LogP contribution in [0, 0.1) is 0 Å². The maximum absolute atomic E-state index is 12.7. The number of rotatable bonds is 2. The molecule has 1 heterocycles. The van der Waals surface area contributed by atoms with E-state index in [9.17, 15) is 18.0 Å². The van der Waals surface area contributed by atoms with Gasteiger partial charge in [0.2, 0.25) is 0 Å². The molecule has 110 valence electrons. The molecule has 0 aromatic heterocycles. The van der Waals surface area contributed by atoms with Gasteiger partial charge in [-0.25, -0.2) is 0 Å². The Hall–Kier alpha value is -1.40. The van der Waals surface area contributed by atoms with Gasteiger partial charge in [0.15, 0.2) is 5.78 Å². The predicted molar refractivity (Wildman–Crippen MR) is 67.5 cm³/mol. The molecule has 0 bridgehead atoms. The number of carbonyl (C=O) groups excluding carboxylic acids is 1. The van der Waals surface area contributed by atoms with E-state index >= 15 is 0 Å². The standard InChI is InChI=1S/C14H16F3NO2/c1-18-7-11(13(19)12(8-18)20-2)9-4-3-5-10(6-9)14(15,16)17/h3-6,11-12H,7-8H2,1-2H3. The number of piperidine rings is 1. The van der Waals surface area contributed by atoms with Crippen LogP contribution in [0.2, 0.25) is 0 Å². The number of carbonyl (C=O) groups is 1. The Morgan fingerprint density at radius 2 is 2.00 bits per heavy atom. The maximum Gasteiger partial charge on any atom is 0.416 e. The van der Waals surface area contributed by atoms with Gasteiger partial charge in [0.1, 0.15) is 6.10 Å². The largest absolute Gasteiger partial charge is 0.416 e. The van der Waals surface area contributed by atoms with Gasteiger partial charge in [0.05, 0.1) is 11.5 Å². The molecule has 0 saturated carbocycles. The van der Waals surface area contributed by atoms with E-state index in [1.165, 1.54) is 13.2 Å². The molecular formula is C14H16F3NO2. The first-order chi connectivity index (χ1) is 9.32. The first-order valence-corrected chi connectivity index (χ1v) is 6.25. The van der Waals surface area contributed by atoms with E-state index in [1.54, 1.807) is 6.07 Å². The number of methoxy groups -OCH3 is 1. The molecule has 2 atom stereocenters. The molecule has 1 aliphatic heterocycles. The number of hydrogen-bond donors (Lipinski definition) is 0. The minimum absolute atomic E-state index is 0.162. The maximum atomic E-state index is 12.7. The molecule has 0 amide bonds. The highest BCUT2D eigenvalue weighted by Crippen LogP contribution is 2.32. The second kappa shape index (κ2) is 5.54. The summed E-state index contributed by atoms with van der Waals surface area (Å²) in [4.78, 5) is 14.1. The van der Waals surface area contributed by atoms with E-state index in [0.29, 0.717) is 18.7 Å². The van der Waals surface area contributed by atoms with Crippen LogP contribution in [-0.2, 0) is 15.7 Å². The fraction of sp³-hybridized carbons (Fsp3) is 0.500. The SMILES string of the molecule is COC1CN(C)CC(c2cccc(C(F)(F)F)c2)C1=O. The average molecular weight is 287 g/mol. The first kappa shape index (κ1) is 15.0. The minimum Gasteiger partial charge on any atom is -0.372 e. The molecule has 0 radical (unpaired) electrons. The van der Waals surface area contributed by atoms with Gasteiger partial charge in [0.25, 0.3) is 0 Å². The lowest BCUT2D eigenvalue weighted by Gasteiger charge is -2.34. The molecule has 1 aliphatic rings. The normalized spacial score (nSPS) is 24.9. The lowest BCUT2D eigenvalue weighted by molar-refractivity contribution is -0.138. The molecule has 1 fully saturated rings. The van der Waals surface area contributed by atoms with E-state index in [4.69, 9.17) is 4.74 Å². The van der Waals surface area contributed by atoms with Gasteiger partial charge >= 0.3 is 6.18 Å². The van der Waals surface area contributed by atoms with E-state index in [2.05, 4.69) is 0 Å². The first-order valence-electron chi connectivity index (χ1n) is 6.25. The fourth-order valence-corrected chi connectivity index (χ4v) is 2.47. The third-order valence-electron chi connectivity index (χ3n) is 3.53. The van der Waals surface area contributed by atoms with Crippen molar-refractivity contribution < 1.29 is 22.7 Å². The highest BCUT2D eigenvalue weighted by Gasteiger charge is 2.36. The molecule has 0 aliphatic carbocycles. The number of Topliss-reactive ketones (excluding diaryl/α,β-unsaturated/α-hetero) is 1. The number of ketones is 1. The van der Waals surface area contributed by atoms with Crippen molar-refractivity contribution in [3.8, 4) is 0 Å². The Kier molecular flexibility index (Phi) is 4.15. The van der Waals surface area contributed by atoms with Crippen LogP contribution >= 0.6 is 0 Å². The van der Waals surface area contributed by atoms with Gasteiger partial charge in [-0.05, 0) is 18.7 Å². The fourth-order valence-electron chi connectivity index (χ4n) is 2.47. The second-order valence-corrected chi connectivity index (χ2v) is 5.02. The van der Waals surface area contributed by atoms with Crippen LogP contribution in [0.4, 0.5) is 13.2 Å². The van der Waals surface area contributed by atoms with Crippen LogP contribution in [0.25, 0.3) is 0 Å². The van der Waals surface area contributed by atoms with Gasteiger partial charge in [-0.3, -0.25) is 4.79 Å². The van der Waals surface area contributed by atoms with Crippen molar-refractivity contribution in [3.05, 3.63) is 35.4 Å². The predicted octanol–water partition coefficient (Wildman–Crippen LogP) is 2.32. The molecule has 1 aromatic carbocycles. The summed E-state index contributed by atoms with van der Waals surface area (Å²) >= 11 is 0. The summed E-state index contributed by atoms with van der Waals surface area (Å²) in [5.74, 6) is -0.745. The Morgan fingerprint density at radius 1 is 1.30 bits per heavy atom. The average Bonchev–Trinajstić information content (AvgIpc) is 2.40. The monoisotopic (exact) mass is 287 g/mol. The summed E-state index contributed by atoms with van der Waals surface area (Å²) in [6, 6.07) is 4.95. The topological polar surface area (TPSA) is 29.5 Å². The van der Waals surface area contributed by atoms with E-state index in [0.717, 1.165) is 12.1 Å². The summed E-state index contributed by atoms with van der Waals surface area (Å²) in [6.07, 6.45) is -4.99. The summed E-state index contributed by atoms with van der Waals surface area (Å²) < 4.78 is 43.3. The molecule has 0 N–H and O–H groups in total. The molecule has 0 spiro atoms. The quantitative estimate of drug-likeness (QED) is 0.836. The Bertz CT molecular complexity index is 501. The van der Waals surface area contributed by atoms with Crippen LogP contribution in [0.1, 0.15) is 17.0 Å². The number of ether oxygens (including phenoxy) is 1. The van der Waals surface area contributed by atoms with Gasteiger partial charge in [-0.2, -0.15) is 13.2 Å². The lowest BCUT2D eigenvalue weighted by atomic mass is 9.87. The van der Waals surface area contributed by atoms with Gasteiger partial charge in [0, 0.05) is 20.2 Å². The van der Waals surface area contributed by atoms with Crippen molar-refractivity contribution in [1.82, 2.24) is 4.90 Å². The lowest BCUT2D eigenvalue weighted by Crippen LogP contribution is -2.47. The third kappa shape index (κ3) is 3.02. The Labute approximate surface area is 115 Å². The second-order valence-electron chi connectivity index (χ2n) is 5.02.